The van der Waals surface area contributed by atoms with Crippen molar-refractivity contribution >= 4 is 21.6 Å². The lowest BCUT2D eigenvalue weighted by Crippen LogP contribution is -2.41. The Kier molecular flexibility index (Phi) is 5.87. The summed E-state index contributed by atoms with van der Waals surface area (Å²) >= 11 is 0. The van der Waals surface area contributed by atoms with Gasteiger partial charge in [-0.2, -0.15) is 0 Å². The number of amides is 1. The molecule has 0 aromatic heterocycles. The van der Waals surface area contributed by atoms with Gasteiger partial charge < -0.3 is 10.2 Å². The molecule has 134 valence electrons. The van der Waals surface area contributed by atoms with Crippen LogP contribution in [-0.4, -0.2) is 57.3 Å². The van der Waals surface area contributed by atoms with Gasteiger partial charge in [-0.05, 0) is 43.4 Å². The van der Waals surface area contributed by atoms with Gasteiger partial charge in [0.25, 0.3) is 0 Å². The second-order valence-corrected chi connectivity index (χ2v) is 8.83. The minimum atomic E-state index is -3.50. The number of carbonyl (C=O) groups is 1. The van der Waals surface area contributed by atoms with Gasteiger partial charge in [-0.25, -0.2) is 12.7 Å². The first-order valence-corrected chi connectivity index (χ1v) is 9.70. The number of nitrogens with zero attached hydrogens (tertiary/aromatic N) is 2. The van der Waals surface area contributed by atoms with Crippen LogP contribution in [0.5, 0.6) is 0 Å². The summed E-state index contributed by atoms with van der Waals surface area (Å²) in [5.74, 6) is 0.595. The second-order valence-electron chi connectivity index (χ2n) is 6.71. The number of nitrogens with one attached hydrogen (secondary N) is 1. The average molecular weight is 353 g/mol. The first-order valence-electron chi connectivity index (χ1n) is 8.26. The Morgan fingerprint density at radius 1 is 1.38 bits per heavy atom. The zero-order valence-electron chi connectivity index (χ0n) is 14.9. The Morgan fingerprint density at radius 2 is 2.08 bits per heavy atom. The van der Waals surface area contributed by atoms with Gasteiger partial charge in [0, 0.05) is 32.9 Å². The Balaban J connectivity index is 2.07. The van der Waals surface area contributed by atoms with E-state index in [0.717, 1.165) is 19.5 Å². The standard InChI is InChI=1S/C17H27N3O3S/c1-13-6-5-9-20(12-13)17(21)11-18-15-8-7-14(2)16(10-15)24(22,23)19(3)4/h7-8,10,13,18H,5-6,9,11-12H2,1-4H3. The number of likely N-dealkylation sites (tertiary alicyclic amines) is 1. The average Bonchev–Trinajstić information content (AvgIpc) is 2.53. The number of anilines is 1. The third-order valence-corrected chi connectivity index (χ3v) is 6.36. The third kappa shape index (κ3) is 4.27. The summed E-state index contributed by atoms with van der Waals surface area (Å²) in [5.41, 5.74) is 1.32. The summed E-state index contributed by atoms with van der Waals surface area (Å²) in [6.45, 7) is 5.70. The molecule has 1 aromatic carbocycles. The zero-order chi connectivity index (χ0) is 17.9. The molecule has 0 bridgehead atoms. The summed E-state index contributed by atoms with van der Waals surface area (Å²) in [6, 6.07) is 5.15. The maximum atomic E-state index is 12.3. The van der Waals surface area contributed by atoms with Crippen molar-refractivity contribution in [3.8, 4) is 0 Å². The fourth-order valence-electron chi connectivity index (χ4n) is 2.89. The van der Waals surface area contributed by atoms with E-state index in [9.17, 15) is 13.2 Å². The molecule has 0 radical (unpaired) electrons. The van der Waals surface area contributed by atoms with Gasteiger partial charge in [-0.1, -0.05) is 13.0 Å². The summed E-state index contributed by atoms with van der Waals surface area (Å²) in [7, 11) is -0.479. The van der Waals surface area contributed by atoms with Gasteiger partial charge in [-0.15, -0.1) is 0 Å². The van der Waals surface area contributed by atoms with E-state index in [0.29, 0.717) is 17.2 Å². The topological polar surface area (TPSA) is 69.7 Å². The van der Waals surface area contributed by atoms with Crippen LogP contribution in [0.15, 0.2) is 23.1 Å². The molecule has 7 heteroatoms. The van der Waals surface area contributed by atoms with Crippen LogP contribution in [0, 0.1) is 12.8 Å². The largest absolute Gasteiger partial charge is 0.376 e. The molecule has 24 heavy (non-hydrogen) atoms. The Morgan fingerprint density at radius 3 is 2.71 bits per heavy atom. The number of carbonyl (C=O) groups excluding carboxylic acids is 1. The summed E-state index contributed by atoms with van der Waals surface area (Å²) < 4.78 is 25.9. The summed E-state index contributed by atoms with van der Waals surface area (Å²) in [4.78, 5) is 14.5. The monoisotopic (exact) mass is 353 g/mol. The lowest BCUT2D eigenvalue weighted by molar-refractivity contribution is -0.130. The van der Waals surface area contributed by atoms with E-state index in [4.69, 9.17) is 0 Å². The van der Waals surface area contributed by atoms with Crippen molar-refractivity contribution in [3.05, 3.63) is 23.8 Å². The Bertz CT molecular complexity index is 701. The minimum absolute atomic E-state index is 0.0548. The van der Waals surface area contributed by atoms with Crippen LogP contribution in [-0.2, 0) is 14.8 Å². The van der Waals surface area contributed by atoms with Crippen LogP contribution in [0.1, 0.15) is 25.3 Å². The van der Waals surface area contributed by atoms with E-state index < -0.39 is 10.0 Å². The van der Waals surface area contributed by atoms with Crippen LogP contribution in [0.4, 0.5) is 5.69 Å². The molecular formula is C17H27N3O3S. The van der Waals surface area contributed by atoms with E-state index in [1.165, 1.54) is 24.8 Å². The van der Waals surface area contributed by atoms with E-state index >= 15 is 0 Å². The van der Waals surface area contributed by atoms with Crippen molar-refractivity contribution in [2.75, 3.05) is 39.0 Å². The predicted molar refractivity (Wildman–Crippen MR) is 95.5 cm³/mol. The van der Waals surface area contributed by atoms with Crippen molar-refractivity contribution in [1.82, 2.24) is 9.21 Å². The quantitative estimate of drug-likeness (QED) is 0.878. The maximum Gasteiger partial charge on any atom is 0.242 e. The van der Waals surface area contributed by atoms with Gasteiger partial charge in [-0.3, -0.25) is 4.79 Å². The molecule has 2 rings (SSSR count). The first-order chi connectivity index (χ1) is 11.2. The normalized spacial score (nSPS) is 18.7. The third-order valence-electron chi connectivity index (χ3n) is 4.40. The molecule has 1 fully saturated rings. The van der Waals surface area contributed by atoms with Gasteiger partial charge in [0.1, 0.15) is 0 Å². The second kappa shape index (κ2) is 7.53. The predicted octanol–water partition coefficient (Wildman–Crippen LogP) is 1.92. The van der Waals surface area contributed by atoms with Crippen molar-refractivity contribution in [1.29, 1.82) is 0 Å². The van der Waals surface area contributed by atoms with Crippen molar-refractivity contribution in [2.45, 2.75) is 31.6 Å². The van der Waals surface area contributed by atoms with E-state index in [1.54, 1.807) is 25.1 Å². The lowest BCUT2D eigenvalue weighted by Gasteiger charge is -2.31. The van der Waals surface area contributed by atoms with Gasteiger partial charge >= 0.3 is 0 Å². The number of piperidine rings is 1. The molecule has 1 aliphatic heterocycles. The lowest BCUT2D eigenvalue weighted by atomic mass is 10.0. The molecule has 0 aliphatic carbocycles. The fourth-order valence-corrected chi connectivity index (χ4v) is 4.03. The highest BCUT2D eigenvalue weighted by Gasteiger charge is 2.22. The number of benzene rings is 1. The van der Waals surface area contributed by atoms with Crippen molar-refractivity contribution in [2.24, 2.45) is 5.92 Å². The number of hydrogen-bond acceptors (Lipinski definition) is 4. The highest BCUT2D eigenvalue weighted by atomic mass is 32.2. The molecule has 0 spiro atoms. The zero-order valence-corrected chi connectivity index (χ0v) is 15.7. The van der Waals surface area contributed by atoms with Crippen molar-refractivity contribution < 1.29 is 13.2 Å². The smallest absolute Gasteiger partial charge is 0.242 e. The van der Waals surface area contributed by atoms with E-state index in [2.05, 4.69) is 12.2 Å². The van der Waals surface area contributed by atoms with Crippen LogP contribution < -0.4 is 5.32 Å². The van der Waals surface area contributed by atoms with Gasteiger partial charge in [0.2, 0.25) is 15.9 Å². The molecule has 1 aromatic rings. The van der Waals surface area contributed by atoms with E-state index in [1.807, 2.05) is 4.90 Å². The molecule has 0 saturated carbocycles. The first kappa shape index (κ1) is 18.7. The van der Waals surface area contributed by atoms with Crippen molar-refractivity contribution in [3.63, 3.8) is 0 Å². The van der Waals surface area contributed by atoms with Crippen LogP contribution >= 0.6 is 0 Å². The summed E-state index contributed by atoms with van der Waals surface area (Å²) in [5, 5.41) is 3.06. The number of rotatable bonds is 5. The molecule has 1 atom stereocenters. The van der Waals surface area contributed by atoms with E-state index in [-0.39, 0.29) is 17.3 Å². The maximum absolute atomic E-state index is 12.3. The summed E-state index contributed by atoms with van der Waals surface area (Å²) in [6.07, 6.45) is 2.21. The minimum Gasteiger partial charge on any atom is -0.376 e. The Hall–Kier alpha value is -1.60. The number of sulfonamides is 1. The molecule has 1 saturated heterocycles. The molecule has 1 N–H and O–H groups in total. The van der Waals surface area contributed by atoms with Crippen LogP contribution in [0.2, 0.25) is 0 Å². The van der Waals surface area contributed by atoms with Gasteiger partial charge in [0.15, 0.2) is 0 Å². The molecule has 6 nitrogen and oxygen atoms in total. The van der Waals surface area contributed by atoms with Gasteiger partial charge in [0.05, 0.1) is 11.4 Å². The fraction of sp³-hybridized carbons (Fsp3) is 0.588. The Labute approximate surface area is 144 Å². The highest BCUT2D eigenvalue weighted by molar-refractivity contribution is 7.89. The number of hydrogen-bond donors (Lipinski definition) is 1. The molecular weight excluding hydrogens is 326 g/mol. The SMILES string of the molecule is Cc1ccc(NCC(=O)N2CCCC(C)C2)cc1S(=O)(=O)N(C)C. The molecule has 1 aliphatic rings. The highest BCUT2D eigenvalue weighted by Crippen LogP contribution is 2.22. The van der Waals surface area contributed by atoms with Crippen LogP contribution in [0.25, 0.3) is 0 Å². The molecule has 1 unspecified atom stereocenters. The molecule has 1 heterocycles. The van der Waals surface area contributed by atoms with Crippen LogP contribution in [0.3, 0.4) is 0 Å². The molecule has 1 amide bonds. The number of aryl methyl sites for hydroxylation is 1.